The van der Waals surface area contributed by atoms with Crippen molar-refractivity contribution >= 4 is 10.8 Å². The van der Waals surface area contributed by atoms with Gasteiger partial charge < -0.3 is 9.47 Å². The second-order valence-electron chi connectivity index (χ2n) is 3.33. The highest BCUT2D eigenvalue weighted by atomic mass is 32.2. The third-order valence-electron chi connectivity index (χ3n) is 2.24. The van der Waals surface area contributed by atoms with Crippen molar-refractivity contribution in [2.45, 2.75) is 17.7 Å². The number of nitrogens with zero attached hydrogens (tertiary/aromatic N) is 1. The van der Waals surface area contributed by atoms with E-state index in [1.807, 2.05) is 6.07 Å². The molecule has 92 valence electrons. The molecule has 0 heterocycles. The maximum Gasteiger partial charge on any atom is 0.161 e. The third kappa shape index (κ3) is 3.75. The first-order valence-corrected chi connectivity index (χ1v) is 6.52. The normalized spacial score (nSPS) is 11.6. The Morgan fingerprint density at radius 2 is 2.00 bits per heavy atom. The maximum atomic E-state index is 11.9. The number of ether oxygens (including phenoxy) is 2. The second kappa shape index (κ2) is 6.92. The number of methoxy groups -OCH3 is 2. The fourth-order valence-corrected chi connectivity index (χ4v) is 2.46. The van der Waals surface area contributed by atoms with E-state index in [9.17, 15) is 4.21 Å². The lowest BCUT2D eigenvalue weighted by molar-refractivity contribution is 0.354. The molecule has 1 aromatic rings. The van der Waals surface area contributed by atoms with Crippen molar-refractivity contribution < 1.29 is 13.7 Å². The lowest BCUT2D eigenvalue weighted by Gasteiger charge is -2.09. The summed E-state index contributed by atoms with van der Waals surface area (Å²) in [4.78, 5) is 0.695. The van der Waals surface area contributed by atoms with Crippen LogP contribution in [0.5, 0.6) is 11.5 Å². The largest absolute Gasteiger partial charge is 0.493 e. The van der Waals surface area contributed by atoms with Crippen LogP contribution in [0.4, 0.5) is 0 Å². The first-order valence-electron chi connectivity index (χ1n) is 5.20. The second-order valence-corrected chi connectivity index (χ2v) is 4.90. The summed E-state index contributed by atoms with van der Waals surface area (Å²) in [6, 6.07) is 7.23. The van der Waals surface area contributed by atoms with Crippen LogP contribution in [0.15, 0.2) is 23.1 Å². The van der Waals surface area contributed by atoms with Gasteiger partial charge in [0.25, 0.3) is 0 Å². The molecular formula is C12H15NO3S. The Morgan fingerprint density at radius 1 is 1.29 bits per heavy atom. The lowest BCUT2D eigenvalue weighted by atomic mass is 10.3. The highest BCUT2D eigenvalue weighted by Crippen LogP contribution is 2.28. The van der Waals surface area contributed by atoms with Gasteiger partial charge in [0.1, 0.15) is 0 Å². The van der Waals surface area contributed by atoms with Gasteiger partial charge in [-0.3, -0.25) is 4.21 Å². The third-order valence-corrected chi connectivity index (χ3v) is 3.68. The molecule has 0 saturated heterocycles. The van der Waals surface area contributed by atoms with E-state index in [2.05, 4.69) is 0 Å². The molecule has 0 saturated carbocycles. The minimum atomic E-state index is -1.09. The van der Waals surface area contributed by atoms with Crippen molar-refractivity contribution in [3.05, 3.63) is 18.2 Å². The molecule has 0 bridgehead atoms. The van der Waals surface area contributed by atoms with E-state index in [-0.39, 0.29) is 0 Å². The van der Waals surface area contributed by atoms with Crippen LogP contribution in [-0.4, -0.2) is 24.2 Å². The minimum absolute atomic E-state index is 0.430. The van der Waals surface area contributed by atoms with Gasteiger partial charge in [-0.2, -0.15) is 5.26 Å². The van der Waals surface area contributed by atoms with E-state index in [0.717, 1.165) is 0 Å². The number of benzene rings is 1. The Labute approximate surface area is 104 Å². The zero-order chi connectivity index (χ0) is 12.7. The SMILES string of the molecule is COc1ccc([S@](=O)CCCC#N)cc1OC. The number of hydrogen-bond acceptors (Lipinski definition) is 4. The Balaban J connectivity index is 2.78. The number of hydrogen-bond donors (Lipinski definition) is 0. The molecule has 17 heavy (non-hydrogen) atoms. The summed E-state index contributed by atoms with van der Waals surface area (Å²) in [6.07, 6.45) is 1.07. The predicted octanol–water partition coefficient (Wildman–Crippen LogP) is 2.12. The van der Waals surface area contributed by atoms with Gasteiger partial charge in [0, 0.05) is 23.1 Å². The average molecular weight is 253 g/mol. The molecule has 0 aliphatic heterocycles. The zero-order valence-corrected chi connectivity index (χ0v) is 10.8. The highest BCUT2D eigenvalue weighted by Gasteiger charge is 2.09. The monoisotopic (exact) mass is 253 g/mol. The molecule has 0 aliphatic rings. The number of unbranched alkanes of at least 4 members (excludes halogenated alkanes) is 1. The molecule has 1 atom stereocenters. The molecule has 5 heteroatoms. The average Bonchev–Trinajstić information content (AvgIpc) is 2.38. The van der Waals surface area contributed by atoms with E-state index in [0.29, 0.717) is 35.0 Å². The van der Waals surface area contributed by atoms with Crippen LogP contribution in [0.2, 0.25) is 0 Å². The molecule has 0 radical (unpaired) electrons. The first-order chi connectivity index (χ1) is 8.22. The molecule has 0 aliphatic carbocycles. The van der Waals surface area contributed by atoms with Crippen LogP contribution in [0.25, 0.3) is 0 Å². The Morgan fingerprint density at radius 3 is 2.59 bits per heavy atom. The molecule has 0 amide bonds. The Kier molecular flexibility index (Phi) is 5.50. The van der Waals surface area contributed by atoms with Crippen LogP contribution in [0, 0.1) is 11.3 Å². The quantitative estimate of drug-likeness (QED) is 0.729. The van der Waals surface area contributed by atoms with Gasteiger partial charge in [0.05, 0.1) is 31.1 Å². The number of nitriles is 1. The van der Waals surface area contributed by atoms with Crippen molar-refractivity contribution in [1.82, 2.24) is 0 Å². The van der Waals surface area contributed by atoms with Gasteiger partial charge >= 0.3 is 0 Å². The minimum Gasteiger partial charge on any atom is -0.493 e. The summed E-state index contributed by atoms with van der Waals surface area (Å²) >= 11 is 0. The van der Waals surface area contributed by atoms with Gasteiger partial charge in [-0.1, -0.05) is 0 Å². The van der Waals surface area contributed by atoms with E-state index in [1.165, 1.54) is 0 Å². The van der Waals surface area contributed by atoms with Crippen LogP contribution >= 0.6 is 0 Å². The van der Waals surface area contributed by atoms with Gasteiger partial charge in [-0.15, -0.1) is 0 Å². The summed E-state index contributed by atoms with van der Waals surface area (Å²) in [5.74, 6) is 1.67. The molecule has 0 aromatic heterocycles. The molecular weight excluding hydrogens is 238 g/mol. The van der Waals surface area contributed by atoms with Crippen LogP contribution in [0.3, 0.4) is 0 Å². The first kappa shape index (κ1) is 13.5. The summed E-state index contributed by atoms with van der Waals surface area (Å²) in [5.41, 5.74) is 0. The lowest BCUT2D eigenvalue weighted by Crippen LogP contribution is -1.99. The van der Waals surface area contributed by atoms with Gasteiger partial charge in [-0.25, -0.2) is 0 Å². The van der Waals surface area contributed by atoms with Gasteiger partial charge in [-0.05, 0) is 18.6 Å². The summed E-state index contributed by atoms with van der Waals surface area (Å²) in [5, 5.41) is 8.41. The smallest absolute Gasteiger partial charge is 0.161 e. The van der Waals surface area contributed by atoms with Crippen LogP contribution < -0.4 is 9.47 Å². The topological polar surface area (TPSA) is 59.3 Å². The molecule has 0 spiro atoms. The summed E-state index contributed by atoms with van der Waals surface area (Å²) in [6.45, 7) is 0. The Hall–Kier alpha value is -1.54. The van der Waals surface area contributed by atoms with Crippen molar-refractivity contribution in [1.29, 1.82) is 5.26 Å². The molecule has 4 nitrogen and oxygen atoms in total. The molecule has 0 N–H and O–H groups in total. The zero-order valence-electron chi connectivity index (χ0n) is 9.93. The van der Waals surface area contributed by atoms with Crippen molar-refractivity contribution in [3.8, 4) is 17.6 Å². The highest BCUT2D eigenvalue weighted by molar-refractivity contribution is 7.85. The van der Waals surface area contributed by atoms with Crippen molar-refractivity contribution in [2.75, 3.05) is 20.0 Å². The van der Waals surface area contributed by atoms with Gasteiger partial charge in [0.15, 0.2) is 11.5 Å². The van der Waals surface area contributed by atoms with E-state index >= 15 is 0 Å². The fraction of sp³-hybridized carbons (Fsp3) is 0.417. The molecule has 1 rings (SSSR count). The van der Waals surface area contributed by atoms with Crippen molar-refractivity contribution in [2.24, 2.45) is 0 Å². The standard InChI is InChI=1S/C12H15NO3S/c1-15-11-6-5-10(9-12(11)16-2)17(14)8-4-3-7-13/h5-6,9H,3-4,8H2,1-2H3/t17-/m1/s1. The van der Waals surface area contributed by atoms with Gasteiger partial charge in [0.2, 0.25) is 0 Å². The maximum absolute atomic E-state index is 11.9. The fourth-order valence-electron chi connectivity index (χ4n) is 1.36. The van der Waals surface area contributed by atoms with E-state index in [4.69, 9.17) is 14.7 Å². The van der Waals surface area contributed by atoms with Crippen LogP contribution in [0.1, 0.15) is 12.8 Å². The summed E-state index contributed by atoms with van der Waals surface area (Å²) in [7, 11) is 2.01. The Bertz CT molecular complexity index is 440. The number of rotatable bonds is 6. The van der Waals surface area contributed by atoms with Crippen LogP contribution in [-0.2, 0) is 10.8 Å². The molecule has 1 aromatic carbocycles. The molecule has 0 unspecified atom stereocenters. The van der Waals surface area contributed by atoms with E-state index < -0.39 is 10.8 Å². The predicted molar refractivity (Wildman–Crippen MR) is 65.7 cm³/mol. The summed E-state index contributed by atoms with van der Waals surface area (Å²) < 4.78 is 22.1. The van der Waals surface area contributed by atoms with E-state index in [1.54, 1.807) is 32.4 Å². The molecule has 0 fully saturated rings. The van der Waals surface area contributed by atoms with Crippen molar-refractivity contribution in [3.63, 3.8) is 0 Å².